The number of hydrogen-bond acceptors (Lipinski definition) is 1. The molecule has 0 aromatic heterocycles. The molecule has 1 heterocycles. The van der Waals surface area contributed by atoms with E-state index in [9.17, 15) is 4.79 Å². The second-order valence-electron chi connectivity index (χ2n) is 7.38. The predicted molar refractivity (Wildman–Crippen MR) is 81.2 cm³/mol. The van der Waals surface area contributed by atoms with E-state index >= 15 is 0 Å². The number of carbonyl (C=O) groups is 1. The third kappa shape index (κ3) is 5.04. The molecular formula is C16H32N2O. The van der Waals surface area contributed by atoms with Crippen LogP contribution in [-0.4, -0.2) is 29.6 Å². The summed E-state index contributed by atoms with van der Waals surface area (Å²) in [7, 11) is 0. The van der Waals surface area contributed by atoms with Gasteiger partial charge in [-0.25, -0.2) is 4.79 Å². The SMILES string of the molecule is CCC(C)C(C)NC(=O)N1CCCC1CC(C)(C)C. The Hall–Kier alpha value is -0.730. The molecule has 1 fully saturated rings. The van der Waals surface area contributed by atoms with Crippen molar-refractivity contribution in [3.8, 4) is 0 Å². The summed E-state index contributed by atoms with van der Waals surface area (Å²) in [4.78, 5) is 14.4. The number of nitrogens with one attached hydrogen (secondary N) is 1. The highest BCUT2D eigenvalue weighted by molar-refractivity contribution is 5.75. The molecule has 3 unspecified atom stereocenters. The highest BCUT2D eigenvalue weighted by Crippen LogP contribution is 2.29. The lowest BCUT2D eigenvalue weighted by atomic mass is 9.87. The average Bonchev–Trinajstić information content (AvgIpc) is 2.73. The Kier molecular flexibility index (Phi) is 5.69. The standard InChI is InChI=1S/C16H32N2O/c1-7-12(2)13(3)17-15(19)18-10-8-9-14(18)11-16(4,5)6/h12-14H,7-11H2,1-6H3,(H,17,19). The van der Waals surface area contributed by atoms with Crippen LogP contribution in [0.3, 0.4) is 0 Å². The molecule has 0 aromatic rings. The summed E-state index contributed by atoms with van der Waals surface area (Å²) in [6.07, 6.45) is 4.50. The number of hydrogen-bond donors (Lipinski definition) is 1. The van der Waals surface area contributed by atoms with E-state index in [1.807, 2.05) is 0 Å². The summed E-state index contributed by atoms with van der Waals surface area (Å²) in [5.41, 5.74) is 0.288. The molecule has 19 heavy (non-hydrogen) atoms. The van der Waals surface area contributed by atoms with Gasteiger partial charge >= 0.3 is 6.03 Å². The number of rotatable bonds is 4. The Bertz CT molecular complexity index is 296. The number of amides is 2. The van der Waals surface area contributed by atoms with Crippen LogP contribution in [0, 0.1) is 11.3 Å². The van der Waals surface area contributed by atoms with Gasteiger partial charge < -0.3 is 10.2 Å². The van der Waals surface area contributed by atoms with Gasteiger partial charge in [0.05, 0.1) is 0 Å². The van der Waals surface area contributed by atoms with Crippen molar-refractivity contribution in [1.82, 2.24) is 10.2 Å². The fraction of sp³-hybridized carbons (Fsp3) is 0.938. The van der Waals surface area contributed by atoms with Gasteiger partial charge in [0.25, 0.3) is 0 Å². The predicted octanol–water partition coefficient (Wildman–Crippen LogP) is 4.03. The van der Waals surface area contributed by atoms with E-state index in [0.717, 1.165) is 32.2 Å². The maximum Gasteiger partial charge on any atom is 0.317 e. The van der Waals surface area contributed by atoms with Crippen molar-refractivity contribution in [2.75, 3.05) is 6.54 Å². The number of likely N-dealkylation sites (tertiary alicyclic amines) is 1. The van der Waals surface area contributed by atoms with Crippen LogP contribution >= 0.6 is 0 Å². The second-order valence-corrected chi connectivity index (χ2v) is 7.38. The fourth-order valence-electron chi connectivity index (χ4n) is 2.80. The van der Waals surface area contributed by atoms with E-state index in [2.05, 4.69) is 51.8 Å². The molecule has 1 aliphatic rings. The van der Waals surface area contributed by atoms with Gasteiger partial charge in [-0.05, 0) is 37.5 Å². The van der Waals surface area contributed by atoms with Crippen LogP contribution < -0.4 is 5.32 Å². The molecule has 0 aromatic carbocycles. The fourth-order valence-corrected chi connectivity index (χ4v) is 2.80. The molecule has 2 amide bonds. The van der Waals surface area contributed by atoms with E-state index in [1.54, 1.807) is 0 Å². The Morgan fingerprint density at radius 1 is 1.37 bits per heavy atom. The minimum atomic E-state index is 0.138. The quantitative estimate of drug-likeness (QED) is 0.820. The molecule has 0 saturated carbocycles. The second kappa shape index (κ2) is 6.62. The maximum absolute atomic E-state index is 12.4. The molecule has 1 saturated heterocycles. The minimum absolute atomic E-state index is 0.138. The lowest BCUT2D eigenvalue weighted by Gasteiger charge is -2.32. The monoisotopic (exact) mass is 268 g/mol. The largest absolute Gasteiger partial charge is 0.335 e. The average molecular weight is 268 g/mol. The lowest BCUT2D eigenvalue weighted by Crippen LogP contribution is -2.48. The number of carbonyl (C=O) groups excluding carboxylic acids is 1. The zero-order chi connectivity index (χ0) is 14.6. The van der Waals surface area contributed by atoms with E-state index < -0.39 is 0 Å². The third-order valence-electron chi connectivity index (χ3n) is 4.33. The van der Waals surface area contributed by atoms with E-state index in [4.69, 9.17) is 0 Å². The first-order valence-electron chi connectivity index (χ1n) is 7.81. The lowest BCUT2D eigenvalue weighted by molar-refractivity contribution is 0.169. The Labute approximate surface area is 119 Å². The molecule has 1 rings (SSSR count). The Morgan fingerprint density at radius 3 is 2.53 bits per heavy atom. The molecule has 0 spiro atoms. The summed E-state index contributed by atoms with van der Waals surface area (Å²) in [6.45, 7) is 14.2. The summed E-state index contributed by atoms with van der Waals surface area (Å²) >= 11 is 0. The first-order valence-corrected chi connectivity index (χ1v) is 7.81. The van der Waals surface area contributed by atoms with Gasteiger partial charge in [0.1, 0.15) is 0 Å². The maximum atomic E-state index is 12.4. The summed E-state index contributed by atoms with van der Waals surface area (Å²) in [5.74, 6) is 0.535. The topological polar surface area (TPSA) is 32.3 Å². The van der Waals surface area contributed by atoms with Crippen LogP contribution in [0.1, 0.15) is 67.2 Å². The molecule has 0 bridgehead atoms. The highest BCUT2D eigenvalue weighted by atomic mass is 16.2. The van der Waals surface area contributed by atoms with E-state index in [0.29, 0.717) is 12.0 Å². The van der Waals surface area contributed by atoms with Crippen LogP contribution in [0.15, 0.2) is 0 Å². The van der Waals surface area contributed by atoms with E-state index in [1.165, 1.54) is 0 Å². The zero-order valence-corrected chi connectivity index (χ0v) is 13.6. The smallest absolute Gasteiger partial charge is 0.317 e. The molecule has 3 nitrogen and oxygen atoms in total. The van der Waals surface area contributed by atoms with Crippen molar-refractivity contribution >= 4 is 6.03 Å². The normalized spacial score (nSPS) is 23.3. The Balaban J connectivity index is 2.55. The van der Waals surface area contributed by atoms with Crippen LogP contribution in [0.25, 0.3) is 0 Å². The molecule has 1 N–H and O–H groups in total. The van der Waals surface area contributed by atoms with Crippen molar-refractivity contribution in [3.05, 3.63) is 0 Å². The van der Waals surface area contributed by atoms with Crippen LogP contribution in [0.5, 0.6) is 0 Å². The summed E-state index contributed by atoms with van der Waals surface area (Å²) in [5, 5.41) is 3.18. The molecule has 0 aliphatic carbocycles. The van der Waals surface area contributed by atoms with Crippen molar-refractivity contribution in [3.63, 3.8) is 0 Å². The Morgan fingerprint density at radius 2 is 2.00 bits per heavy atom. The molecule has 0 radical (unpaired) electrons. The summed E-state index contributed by atoms with van der Waals surface area (Å²) < 4.78 is 0. The highest BCUT2D eigenvalue weighted by Gasteiger charge is 2.32. The van der Waals surface area contributed by atoms with Crippen molar-refractivity contribution in [2.45, 2.75) is 79.3 Å². The van der Waals surface area contributed by atoms with Gasteiger partial charge in [-0.1, -0.05) is 41.0 Å². The van der Waals surface area contributed by atoms with Gasteiger partial charge in [-0.15, -0.1) is 0 Å². The van der Waals surface area contributed by atoms with Gasteiger partial charge in [0, 0.05) is 18.6 Å². The van der Waals surface area contributed by atoms with Gasteiger partial charge in [-0.3, -0.25) is 0 Å². The first kappa shape index (κ1) is 16.3. The van der Waals surface area contributed by atoms with Gasteiger partial charge in [0.2, 0.25) is 0 Å². The number of urea groups is 1. The zero-order valence-electron chi connectivity index (χ0n) is 13.6. The van der Waals surface area contributed by atoms with Crippen LogP contribution in [0.2, 0.25) is 0 Å². The molecule has 1 aliphatic heterocycles. The molecule has 3 atom stereocenters. The third-order valence-corrected chi connectivity index (χ3v) is 4.33. The molecule has 112 valence electrons. The summed E-state index contributed by atoms with van der Waals surface area (Å²) in [6, 6.07) is 0.817. The minimum Gasteiger partial charge on any atom is -0.335 e. The molecule has 3 heteroatoms. The van der Waals surface area contributed by atoms with Crippen LogP contribution in [-0.2, 0) is 0 Å². The van der Waals surface area contributed by atoms with Crippen molar-refractivity contribution < 1.29 is 4.79 Å². The van der Waals surface area contributed by atoms with Gasteiger partial charge in [-0.2, -0.15) is 0 Å². The molecular weight excluding hydrogens is 236 g/mol. The first-order chi connectivity index (χ1) is 8.74. The van der Waals surface area contributed by atoms with Crippen LogP contribution in [0.4, 0.5) is 4.79 Å². The van der Waals surface area contributed by atoms with Crippen molar-refractivity contribution in [1.29, 1.82) is 0 Å². The number of nitrogens with zero attached hydrogens (tertiary/aromatic N) is 1. The van der Waals surface area contributed by atoms with E-state index in [-0.39, 0.29) is 17.5 Å². The van der Waals surface area contributed by atoms with Crippen molar-refractivity contribution in [2.24, 2.45) is 11.3 Å². The van der Waals surface area contributed by atoms with Gasteiger partial charge in [0.15, 0.2) is 0 Å².